The Hall–Kier alpha value is -0.520. The Morgan fingerprint density at radius 1 is 1.62 bits per heavy atom. The number of carboxylic acid groups (broad SMARTS) is 1. The third-order valence-electron chi connectivity index (χ3n) is 3.32. The maximum absolute atomic E-state index is 11.0. The van der Waals surface area contributed by atoms with Crippen LogP contribution in [0.3, 0.4) is 0 Å². The Labute approximate surface area is 102 Å². The number of hydrogen-bond donors (Lipinski definition) is 2. The molecule has 0 bridgehead atoms. The highest BCUT2D eigenvalue weighted by Crippen LogP contribution is 2.49. The summed E-state index contributed by atoms with van der Waals surface area (Å²) in [5.74, 6) is -0.0586. The van der Waals surface area contributed by atoms with E-state index in [2.05, 4.69) is 16.8 Å². The first-order valence-corrected chi connectivity index (χ1v) is 7.29. The zero-order chi connectivity index (χ0) is 11.2. The summed E-state index contributed by atoms with van der Waals surface area (Å²) in [6, 6.07) is 1.76. The summed E-state index contributed by atoms with van der Waals surface area (Å²) >= 11 is 3.56. The minimum absolute atomic E-state index is 0.114. The van der Waals surface area contributed by atoms with Gasteiger partial charge in [0.1, 0.15) is 6.04 Å². The second-order valence-corrected chi connectivity index (χ2v) is 6.60. The third kappa shape index (κ3) is 1.49. The fraction of sp³-hybridized carbons (Fsp3) is 0.545. The number of rotatable bonds is 1. The van der Waals surface area contributed by atoms with Crippen LogP contribution in [0.15, 0.2) is 11.4 Å². The lowest BCUT2D eigenvalue weighted by molar-refractivity contribution is -0.138. The summed E-state index contributed by atoms with van der Waals surface area (Å²) in [6.07, 6.45) is 3.35. The largest absolute Gasteiger partial charge is 0.480 e. The van der Waals surface area contributed by atoms with Crippen LogP contribution in [0.2, 0.25) is 0 Å². The van der Waals surface area contributed by atoms with Crippen LogP contribution < -0.4 is 5.32 Å². The monoisotopic (exact) mass is 255 g/mol. The quantitative estimate of drug-likeness (QED) is 0.806. The van der Waals surface area contributed by atoms with Gasteiger partial charge in [-0.1, -0.05) is 0 Å². The summed E-state index contributed by atoms with van der Waals surface area (Å²) in [6.45, 7) is 0. The van der Waals surface area contributed by atoms with Gasteiger partial charge in [-0.15, -0.1) is 23.1 Å². The van der Waals surface area contributed by atoms with Gasteiger partial charge in [0.2, 0.25) is 0 Å². The van der Waals surface area contributed by atoms with Gasteiger partial charge in [-0.3, -0.25) is 10.1 Å². The van der Waals surface area contributed by atoms with Crippen molar-refractivity contribution in [1.29, 1.82) is 0 Å². The molecule has 0 amide bonds. The number of aryl methyl sites for hydroxylation is 1. The van der Waals surface area contributed by atoms with Crippen molar-refractivity contribution in [1.82, 2.24) is 5.32 Å². The molecule has 1 aromatic heterocycles. The molecule has 1 saturated heterocycles. The van der Waals surface area contributed by atoms with Gasteiger partial charge >= 0.3 is 5.97 Å². The molecule has 0 aromatic carbocycles. The zero-order valence-electron chi connectivity index (χ0n) is 8.73. The summed E-state index contributed by atoms with van der Waals surface area (Å²) in [5.41, 5.74) is 1.33. The normalized spacial score (nSPS) is 32.9. The number of thioether (sulfide) groups is 1. The van der Waals surface area contributed by atoms with Crippen LogP contribution in [0, 0.1) is 0 Å². The van der Waals surface area contributed by atoms with E-state index < -0.39 is 12.0 Å². The van der Waals surface area contributed by atoms with Gasteiger partial charge in [-0.05, 0) is 36.3 Å². The highest BCUT2D eigenvalue weighted by molar-refractivity contribution is 8.00. The maximum Gasteiger partial charge on any atom is 0.321 e. The molecule has 2 aliphatic rings. The van der Waals surface area contributed by atoms with E-state index in [9.17, 15) is 4.79 Å². The number of thiophene rings is 1. The van der Waals surface area contributed by atoms with E-state index in [1.165, 1.54) is 10.4 Å². The van der Waals surface area contributed by atoms with Gasteiger partial charge in [0.05, 0.1) is 4.87 Å². The van der Waals surface area contributed by atoms with Crippen LogP contribution in [0.4, 0.5) is 0 Å². The molecule has 86 valence electrons. The van der Waals surface area contributed by atoms with E-state index in [-0.39, 0.29) is 4.87 Å². The minimum atomic E-state index is -0.730. The van der Waals surface area contributed by atoms with Crippen molar-refractivity contribution < 1.29 is 9.90 Å². The fourth-order valence-corrected chi connectivity index (χ4v) is 5.15. The van der Waals surface area contributed by atoms with Crippen molar-refractivity contribution in [3.8, 4) is 0 Å². The standard InChI is InChI=1S/C11H13NO2S2/c13-10(14)8-6-16-11(12-8)4-1-2-9-7(11)3-5-15-9/h3,5,8,12H,1-2,4,6H2,(H,13,14). The summed E-state index contributed by atoms with van der Waals surface area (Å²) in [5, 5.41) is 14.5. The Morgan fingerprint density at radius 2 is 2.50 bits per heavy atom. The van der Waals surface area contributed by atoms with E-state index in [0.717, 1.165) is 19.3 Å². The molecule has 1 aromatic rings. The van der Waals surface area contributed by atoms with Crippen molar-refractivity contribution >= 4 is 29.1 Å². The number of hydrogen-bond acceptors (Lipinski definition) is 4. The molecule has 1 aliphatic carbocycles. The molecular formula is C11H13NO2S2. The average molecular weight is 255 g/mol. The van der Waals surface area contributed by atoms with E-state index in [4.69, 9.17) is 5.11 Å². The second kappa shape index (κ2) is 3.75. The van der Waals surface area contributed by atoms with Crippen molar-refractivity contribution in [2.24, 2.45) is 0 Å². The Morgan fingerprint density at radius 3 is 3.25 bits per heavy atom. The van der Waals surface area contributed by atoms with Crippen LogP contribution in [-0.4, -0.2) is 22.9 Å². The SMILES string of the molecule is O=C(O)C1CSC2(CCCc3sccc32)N1. The van der Waals surface area contributed by atoms with E-state index in [0.29, 0.717) is 5.75 Å². The molecule has 1 spiro atoms. The molecule has 3 nitrogen and oxygen atoms in total. The molecule has 5 heteroatoms. The van der Waals surface area contributed by atoms with Crippen LogP contribution >= 0.6 is 23.1 Å². The number of carboxylic acids is 1. The van der Waals surface area contributed by atoms with Gasteiger partial charge in [-0.2, -0.15) is 0 Å². The predicted molar refractivity (Wildman–Crippen MR) is 66.0 cm³/mol. The topological polar surface area (TPSA) is 49.3 Å². The molecule has 16 heavy (non-hydrogen) atoms. The molecule has 2 N–H and O–H groups in total. The zero-order valence-corrected chi connectivity index (χ0v) is 10.4. The molecule has 2 heterocycles. The fourth-order valence-electron chi connectivity index (χ4n) is 2.55. The van der Waals surface area contributed by atoms with E-state index in [1.54, 1.807) is 23.1 Å². The Kier molecular flexibility index (Phi) is 2.49. The Bertz CT molecular complexity index is 431. The number of aliphatic carboxylic acids is 1. The van der Waals surface area contributed by atoms with Gasteiger partial charge in [-0.25, -0.2) is 0 Å². The predicted octanol–water partition coefficient (Wildman–Crippen LogP) is 2.03. The second-order valence-electron chi connectivity index (χ2n) is 4.28. The van der Waals surface area contributed by atoms with Crippen molar-refractivity contribution in [2.75, 3.05) is 5.75 Å². The Balaban J connectivity index is 1.94. The van der Waals surface area contributed by atoms with Crippen LogP contribution in [0.25, 0.3) is 0 Å². The van der Waals surface area contributed by atoms with Crippen molar-refractivity contribution in [2.45, 2.75) is 30.2 Å². The molecule has 3 rings (SSSR count). The van der Waals surface area contributed by atoms with E-state index in [1.807, 2.05) is 0 Å². The highest BCUT2D eigenvalue weighted by Gasteiger charge is 2.45. The smallest absolute Gasteiger partial charge is 0.321 e. The van der Waals surface area contributed by atoms with Crippen LogP contribution in [0.1, 0.15) is 23.3 Å². The molecule has 1 fully saturated rings. The van der Waals surface area contributed by atoms with E-state index >= 15 is 0 Å². The maximum atomic E-state index is 11.0. The van der Waals surface area contributed by atoms with Gasteiger partial charge in [0, 0.05) is 10.6 Å². The number of fused-ring (bicyclic) bond motifs is 2. The van der Waals surface area contributed by atoms with Gasteiger partial charge < -0.3 is 5.11 Å². The summed E-state index contributed by atoms with van der Waals surface area (Å²) in [7, 11) is 0. The molecule has 2 atom stereocenters. The minimum Gasteiger partial charge on any atom is -0.480 e. The van der Waals surface area contributed by atoms with Crippen molar-refractivity contribution in [3.63, 3.8) is 0 Å². The molecule has 1 aliphatic heterocycles. The lowest BCUT2D eigenvalue weighted by Gasteiger charge is -2.33. The molecule has 0 saturated carbocycles. The third-order valence-corrected chi connectivity index (χ3v) is 5.83. The number of carbonyl (C=O) groups is 1. The first-order chi connectivity index (χ1) is 7.71. The first-order valence-electron chi connectivity index (χ1n) is 5.43. The molecular weight excluding hydrogens is 242 g/mol. The highest BCUT2D eigenvalue weighted by atomic mass is 32.2. The van der Waals surface area contributed by atoms with Gasteiger partial charge in [0.25, 0.3) is 0 Å². The van der Waals surface area contributed by atoms with Crippen molar-refractivity contribution in [3.05, 3.63) is 21.9 Å². The van der Waals surface area contributed by atoms with Gasteiger partial charge in [0.15, 0.2) is 0 Å². The molecule has 0 radical (unpaired) electrons. The lowest BCUT2D eigenvalue weighted by Crippen LogP contribution is -2.44. The van der Waals surface area contributed by atoms with Crippen LogP contribution in [-0.2, 0) is 16.1 Å². The van der Waals surface area contributed by atoms with Crippen LogP contribution in [0.5, 0.6) is 0 Å². The summed E-state index contributed by atoms with van der Waals surface area (Å²) in [4.78, 5) is 12.3. The number of nitrogens with one attached hydrogen (secondary N) is 1. The molecule has 2 unspecified atom stereocenters. The average Bonchev–Trinajstić information content (AvgIpc) is 2.86. The summed E-state index contributed by atoms with van der Waals surface area (Å²) < 4.78 is 0. The lowest BCUT2D eigenvalue weighted by atomic mass is 9.93. The first kappa shape index (κ1) is 10.6.